The molecule has 1 aliphatic carbocycles. The van der Waals surface area contributed by atoms with E-state index in [1.807, 2.05) is 6.92 Å². The number of nitrogens with one attached hydrogen (secondary N) is 1. The van der Waals surface area contributed by atoms with Crippen LogP contribution in [0.3, 0.4) is 0 Å². The lowest BCUT2D eigenvalue weighted by atomic mass is 9.88. The van der Waals surface area contributed by atoms with Gasteiger partial charge in [0, 0.05) is 24.4 Å². The quantitative estimate of drug-likeness (QED) is 0.851. The minimum atomic E-state index is -2.88. The van der Waals surface area contributed by atoms with E-state index < -0.39 is 17.9 Å². The van der Waals surface area contributed by atoms with Crippen LogP contribution in [-0.4, -0.2) is 43.1 Å². The van der Waals surface area contributed by atoms with Gasteiger partial charge in [0.15, 0.2) is 5.79 Å². The standard InChI is InChI=1S/C18H24F2N2O4/c1-17(21)10-24-18(25-11-17)8-6-13(7-9-18)22-15(23)12-2-4-14(5-3-12)26-16(19)20/h2-5,13,16H,6-11,21H2,1H3,(H,22,23). The van der Waals surface area contributed by atoms with Gasteiger partial charge in [0.25, 0.3) is 5.91 Å². The van der Waals surface area contributed by atoms with Crippen molar-refractivity contribution in [3.63, 3.8) is 0 Å². The Morgan fingerprint density at radius 3 is 2.35 bits per heavy atom. The van der Waals surface area contributed by atoms with Gasteiger partial charge in [0.2, 0.25) is 0 Å². The minimum Gasteiger partial charge on any atom is -0.435 e. The van der Waals surface area contributed by atoms with Gasteiger partial charge in [-0.25, -0.2) is 0 Å². The number of benzene rings is 1. The van der Waals surface area contributed by atoms with Gasteiger partial charge < -0.3 is 25.3 Å². The highest BCUT2D eigenvalue weighted by Crippen LogP contribution is 2.36. The predicted molar refractivity (Wildman–Crippen MR) is 90.0 cm³/mol. The van der Waals surface area contributed by atoms with E-state index in [1.54, 1.807) is 0 Å². The lowest BCUT2D eigenvalue weighted by Crippen LogP contribution is -2.58. The third-order valence-corrected chi connectivity index (χ3v) is 4.75. The number of amides is 1. The summed E-state index contributed by atoms with van der Waals surface area (Å²) in [5, 5.41) is 2.97. The fraction of sp³-hybridized carbons (Fsp3) is 0.611. The smallest absolute Gasteiger partial charge is 0.387 e. The van der Waals surface area contributed by atoms with E-state index in [9.17, 15) is 13.6 Å². The number of hydrogen-bond acceptors (Lipinski definition) is 5. The molecule has 0 aromatic heterocycles. The Labute approximate surface area is 151 Å². The highest BCUT2D eigenvalue weighted by Gasteiger charge is 2.43. The molecule has 1 aromatic carbocycles. The number of alkyl halides is 2. The Hall–Kier alpha value is -1.77. The zero-order chi connectivity index (χ0) is 18.8. The van der Waals surface area contributed by atoms with Crippen molar-refractivity contribution < 1.29 is 27.8 Å². The van der Waals surface area contributed by atoms with Crippen molar-refractivity contribution in [2.45, 2.75) is 56.6 Å². The van der Waals surface area contributed by atoms with E-state index in [2.05, 4.69) is 10.1 Å². The van der Waals surface area contributed by atoms with Gasteiger partial charge in [-0.1, -0.05) is 0 Å². The normalized spacial score (nSPS) is 31.8. The summed E-state index contributed by atoms with van der Waals surface area (Å²) in [6.45, 7) is -0.0807. The van der Waals surface area contributed by atoms with Gasteiger partial charge in [0.1, 0.15) is 5.75 Å². The van der Waals surface area contributed by atoms with Gasteiger partial charge in [0.05, 0.1) is 18.8 Å². The van der Waals surface area contributed by atoms with Crippen LogP contribution in [0.15, 0.2) is 24.3 Å². The van der Waals surface area contributed by atoms with Crippen LogP contribution < -0.4 is 15.8 Å². The molecule has 8 heteroatoms. The van der Waals surface area contributed by atoms with Crippen LogP contribution in [0.25, 0.3) is 0 Å². The van der Waals surface area contributed by atoms with Crippen LogP contribution in [0, 0.1) is 0 Å². The van der Waals surface area contributed by atoms with E-state index in [0.29, 0.717) is 31.6 Å². The molecule has 0 unspecified atom stereocenters. The molecule has 0 atom stereocenters. The molecule has 26 heavy (non-hydrogen) atoms. The summed E-state index contributed by atoms with van der Waals surface area (Å²) in [6, 6.07) is 5.65. The molecule has 3 rings (SSSR count). The first-order valence-electron chi connectivity index (χ1n) is 8.70. The summed E-state index contributed by atoms with van der Waals surface area (Å²) in [5.41, 5.74) is 5.94. The highest BCUT2D eigenvalue weighted by atomic mass is 19.3. The Balaban J connectivity index is 1.49. The molecule has 1 saturated heterocycles. The van der Waals surface area contributed by atoms with Gasteiger partial charge in [-0.3, -0.25) is 4.79 Å². The third kappa shape index (κ3) is 4.69. The average molecular weight is 370 g/mol. The molecule has 1 aliphatic heterocycles. The van der Waals surface area contributed by atoms with Crippen molar-refractivity contribution in [3.05, 3.63) is 29.8 Å². The van der Waals surface area contributed by atoms with Crippen molar-refractivity contribution in [1.29, 1.82) is 0 Å². The molecule has 2 fully saturated rings. The zero-order valence-corrected chi connectivity index (χ0v) is 14.7. The second-order valence-electron chi connectivity index (χ2n) is 7.29. The van der Waals surface area contributed by atoms with Crippen molar-refractivity contribution >= 4 is 5.91 Å². The molecule has 0 bridgehead atoms. The lowest BCUT2D eigenvalue weighted by Gasteiger charge is -2.46. The third-order valence-electron chi connectivity index (χ3n) is 4.75. The number of carbonyl (C=O) groups is 1. The minimum absolute atomic E-state index is 0.0171. The molecule has 2 aliphatic rings. The number of ether oxygens (including phenoxy) is 3. The van der Waals surface area contributed by atoms with E-state index in [0.717, 1.165) is 12.8 Å². The molecular formula is C18H24F2N2O4. The molecule has 1 heterocycles. The SMILES string of the molecule is CC1(N)COC2(CCC(NC(=O)c3ccc(OC(F)F)cc3)CC2)OC1. The Bertz CT molecular complexity index is 617. The van der Waals surface area contributed by atoms with Crippen LogP contribution in [0.2, 0.25) is 0 Å². The molecule has 1 amide bonds. The van der Waals surface area contributed by atoms with Crippen molar-refractivity contribution in [3.8, 4) is 5.75 Å². The van der Waals surface area contributed by atoms with E-state index >= 15 is 0 Å². The van der Waals surface area contributed by atoms with Gasteiger partial charge in [-0.15, -0.1) is 0 Å². The maximum atomic E-state index is 12.3. The molecule has 1 aromatic rings. The molecule has 144 valence electrons. The van der Waals surface area contributed by atoms with Gasteiger partial charge in [-0.2, -0.15) is 8.78 Å². The molecule has 1 spiro atoms. The summed E-state index contributed by atoms with van der Waals surface area (Å²) in [7, 11) is 0. The maximum Gasteiger partial charge on any atom is 0.387 e. The number of nitrogens with two attached hydrogens (primary N) is 1. The molecule has 0 radical (unpaired) electrons. The Morgan fingerprint density at radius 1 is 1.23 bits per heavy atom. The molecule has 3 N–H and O–H groups in total. The van der Waals surface area contributed by atoms with Crippen LogP contribution in [-0.2, 0) is 9.47 Å². The molecule has 1 saturated carbocycles. The molecule has 6 nitrogen and oxygen atoms in total. The van der Waals surface area contributed by atoms with Gasteiger partial charge in [-0.05, 0) is 44.0 Å². The van der Waals surface area contributed by atoms with Crippen molar-refractivity contribution in [2.75, 3.05) is 13.2 Å². The van der Waals surface area contributed by atoms with Gasteiger partial charge >= 0.3 is 6.61 Å². The summed E-state index contributed by atoms with van der Waals surface area (Å²) >= 11 is 0. The van der Waals surface area contributed by atoms with Crippen molar-refractivity contribution in [1.82, 2.24) is 5.32 Å². The summed E-state index contributed by atoms with van der Waals surface area (Å²) in [5.74, 6) is -0.807. The first-order valence-corrected chi connectivity index (χ1v) is 8.70. The Morgan fingerprint density at radius 2 is 1.81 bits per heavy atom. The number of halogens is 2. The van der Waals surface area contributed by atoms with Crippen molar-refractivity contribution in [2.24, 2.45) is 5.73 Å². The molecular weight excluding hydrogens is 346 g/mol. The van der Waals surface area contributed by atoms with E-state index in [1.165, 1.54) is 24.3 Å². The van der Waals surface area contributed by atoms with E-state index in [-0.39, 0.29) is 17.7 Å². The number of rotatable bonds is 4. The maximum absolute atomic E-state index is 12.3. The topological polar surface area (TPSA) is 82.8 Å². The fourth-order valence-corrected chi connectivity index (χ4v) is 3.22. The second kappa shape index (κ2) is 7.46. The fourth-order valence-electron chi connectivity index (χ4n) is 3.22. The first-order chi connectivity index (χ1) is 12.3. The largest absolute Gasteiger partial charge is 0.435 e. The summed E-state index contributed by atoms with van der Waals surface area (Å²) < 4.78 is 40.3. The van der Waals surface area contributed by atoms with Crippen LogP contribution in [0.1, 0.15) is 43.0 Å². The first kappa shape index (κ1) is 19.0. The average Bonchev–Trinajstić information content (AvgIpc) is 2.60. The highest BCUT2D eigenvalue weighted by molar-refractivity contribution is 5.94. The summed E-state index contributed by atoms with van der Waals surface area (Å²) in [4.78, 5) is 12.3. The second-order valence-corrected chi connectivity index (χ2v) is 7.29. The predicted octanol–water partition coefficient (Wildman–Crippen LogP) is 2.42. The van der Waals surface area contributed by atoms with E-state index in [4.69, 9.17) is 15.2 Å². The lowest BCUT2D eigenvalue weighted by molar-refractivity contribution is -0.298. The van der Waals surface area contributed by atoms with Crippen LogP contribution in [0.4, 0.5) is 8.78 Å². The van der Waals surface area contributed by atoms with Crippen LogP contribution >= 0.6 is 0 Å². The number of hydrogen-bond donors (Lipinski definition) is 2. The number of carbonyl (C=O) groups excluding carboxylic acids is 1. The Kier molecular flexibility index (Phi) is 5.45. The monoisotopic (exact) mass is 370 g/mol. The summed E-state index contributed by atoms with van der Waals surface area (Å²) in [6.07, 6.45) is 2.85. The zero-order valence-electron chi connectivity index (χ0n) is 14.7. The van der Waals surface area contributed by atoms with Crippen LogP contribution in [0.5, 0.6) is 5.75 Å².